The molecule has 0 aliphatic carbocycles. The van der Waals surface area contributed by atoms with Gasteiger partial charge in [0.25, 0.3) is 0 Å². The second-order valence-electron chi connectivity index (χ2n) is 2.43. The zero-order valence-electron chi connectivity index (χ0n) is 5.83. The van der Waals surface area contributed by atoms with E-state index in [1.807, 2.05) is 0 Å². The van der Waals surface area contributed by atoms with Crippen molar-refractivity contribution in [3.05, 3.63) is 24.0 Å². The second kappa shape index (κ2) is 2.54. The summed E-state index contributed by atoms with van der Waals surface area (Å²) in [6.07, 6.45) is 3.32. The van der Waals surface area contributed by atoms with Gasteiger partial charge in [0.05, 0.1) is 12.7 Å². The van der Waals surface area contributed by atoms with Crippen LogP contribution in [0.15, 0.2) is 12.4 Å². The summed E-state index contributed by atoms with van der Waals surface area (Å²) in [6.45, 7) is 0.780. The lowest BCUT2D eigenvalue weighted by molar-refractivity contribution is -0.0531. The van der Waals surface area contributed by atoms with E-state index in [4.69, 9.17) is 4.74 Å². The van der Waals surface area contributed by atoms with Gasteiger partial charge in [0, 0.05) is 24.4 Å². The maximum Gasteiger partial charge on any atom is 0.308 e. The molecule has 1 aromatic rings. The molecule has 0 saturated carbocycles. The van der Waals surface area contributed by atoms with E-state index in [1.165, 1.54) is 12.4 Å². The lowest BCUT2D eigenvalue weighted by Crippen LogP contribution is -2.18. The number of ether oxygens (including phenoxy) is 1. The molecule has 1 aliphatic heterocycles. The lowest BCUT2D eigenvalue weighted by Gasteiger charge is -2.25. The average molecular weight is 154 g/mol. The summed E-state index contributed by atoms with van der Waals surface area (Å²) in [5.41, 5.74) is 0.859. The molecule has 0 radical (unpaired) electrons. The van der Waals surface area contributed by atoms with Gasteiger partial charge in [-0.25, -0.2) is 9.97 Å². The first-order valence-electron chi connectivity index (χ1n) is 3.45. The maximum atomic E-state index is 12.2. The predicted octanol–water partition coefficient (Wildman–Crippen LogP) is 1.08. The minimum Gasteiger partial charge on any atom is -0.373 e. The fraction of sp³-hybridized carbons (Fsp3) is 0.429. The largest absolute Gasteiger partial charge is 0.373 e. The Morgan fingerprint density at radius 1 is 1.45 bits per heavy atom. The van der Waals surface area contributed by atoms with Crippen molar-refractivity contribution in [1.29, 1.82) is 0 Å². The van der Waals surface area contributed by atoms with Crippen molar-refractivity contribution in [1.82, 2.24) is 9.97 Å². The van der Waals surface area contributed by atoms with Crippen molar-refractivity contribution in [3.63, 3.8) is 0 Å². The van der Waals surface area contributed by atoms with E-state index in [0.717, 1.165) is 18.6 Å². The Morgan fingerprint density at radius 3 is 2.55 bits per heavy atom. The molecule has 0 N–H and O–H groups in total. The van der Waals surface area contributed by atoms with E-state index in [2.05, 4.69) is 9.97 Å². The van der Waals surface area contributed by atoms with Crippen molar-refractivity contribution in [2.45, 2.75) is 12.5 Å². The second-order valence-corrected chi connectivity index (χ2v) is 2.43. The molecule has 1 unspecified atom stereocenters. The fourth-order valence-corrected chi connectivity index (χ4v) is 0.987. The smallest absolute Gasteiger partial charge is 0.308 e. The zero-order valence-corrected chi connectivity index (χ0v) is 5.83. The molecular formula is C7H7FN2O. The van der Waals surface area contributed by atoms with Crippen LogP contribution in [0.2, 0.25) is 0 Å². The maximum absolute atomic E-state index is 12.2. The minimum absolute atomic E-state index is 0.0931. The molecule has 4 heteroatoms. The molecule has 3 nitrogen and oxygen atoms in total. The van der Waals surface area contributed by atoms with Crippen LogP contribution in [0.25, 0.3) is 0 Å². The van der Waals surface area contributed by atoms with E-state index in [0.29, 0.717) is 0 Å². The van der Waals surface area contributed by atoms with Crippen molar-refractivity contribution < 1.29 is 9.13 Å². The normalized spacial score (nSPS) is 22.8. The van der Waals surface area contributed by atoms with Gasteiger partial charge in [-0.1, -0.05) is 0 Å². The van der Waals surface area contributed by atoms with E-state index in [1.54, 1.807) is 0 Å². The number of rotatable bonds is 1. The van der Waals surface area contributed by atoms with Crippen LogP contribution < -0.4 is 0 Å². The lowest BCUT2D eigenvalue weighted by atomic mass is 10.1. The summed E-state index contributed by atoms with van der Waals surface area (Å²) in [7, 11) is 0. The van der Waals surface area contributed by atoms with Gasteiger partial charge in [0.1, 0.15) is 0 Å². The molecule has 1 saturated heterocycles. The monoisotopic (exact) mass is 154 g/mol. The highest BCUT2D eigenvalue weighted by Gasteiger charge is 2.20. The first-order chi connectivity index (χ1) is 5.36. The van der Waals surface area contributed by atoms with Crippen LogP contribution in [-0.2, 0) is 4.74 Å². The Bertz CT molecular complexity index is 245. The molecule has 2 rings (SSSR count). The summed E-state index contributed by atoms with van der Waals surface area (Å²) in [4.78, 5) is 6.85. The Hall–Kier alpha value is -1.03. The molecule has 1 atom stereocenters. The quantitative estimate of drug-likeness (QED) is 0.567. The highest BCUT2D eigenvalue weighted by molar-refractivity contribution is 5.08. The van der Waals surface area contributed by atoms with Gasteiger partial charge in [0.15, 0.2) is 0 Å². The fourth-order valence-electron chi connectivity index (χ4n) is 0.987. The molecule has 0 amide bonds. The average Bonchev–Trinajstić information content (AvgIpc) is 1.90. The van der Waals surface area contributed by atoms with Crippen molar-refractivity contribution >= 4 is 0 Å². The molecule has 58 valence electrons. The van der Waals surface area contributed by atoms with Crippen LogP contribution in [0.5, 0.6) is 0 Å². The van der Waals surface area contributed by atoms with E-state index >= 15 is 0 Å². The van der Waals surface area contributed by atoms with E-state index in [-0.39, 0.29) is 6.10 Å². The van der Waals surface area contributed by atoms with Gasteiger partial charge in [0.2, 0.25) is 0 Å². The molecule has 0 aromatic carbocycles. The Kier molecular flexibility index (Phi) is 1.54. The topological polar surface area (TPSA) is 35.0 Å². The summed E-state index contributed by atoms with van der Waals surface area (Å²) in [5, 5.41) is 0. The molecule has 0 bridgehead atoms. The third-order valence-electron chi connectivity index (χ3n) is 1.71. The standard InChI is InChI=1S/C7H7FN2O/c8-7-9-3-5(4-10-7)6-1-2-11-6/h3-4,6H,1-2H2. The molecule has 1 fully saturated rings. The highest BCUT2D eigenvalue weighted by Crippen LogP contribution is 2.27. The third kappa shape index (κ3) is 1.21. The molecule has 2 heterocycles. The molecule has 1 aliphatic rings. The number of hydrogen-bond donors (Lipinski definition) is 0. The van der Waals surface area contributed by atoms with Gasteiger partial charge >= 0.3 is 6.08 Å². The number of halogens is 1. The molecule has 0 spiro atoms. The summed E-state index contributed by atoms with van der Waals surface area (Å²) >= 11 is 0. The van der Waals surface area contributed by atoms with Crippen LogP contribution in [0.3, 0.4) is 0 Å². The Morgan fingerprint density at radius 2 is 2.09 bits per heavy atom. The van der Waals surface area contributed by atoms with Crippen molar-refractivity contribution in [2.75, 3.05) is 6.61 Å². The van der Waals surface area contributed by atoms with Crippen LogP contribution in [0, 0.1) is 6.08 Å². The van der Waals surface area contributed by atoms with Crippen LogP contribution in [0.4, 0.5) is 4.39 Å². The summed E-state index contributed by atoms with van der Waals surface area (Å²) < 4.78 is 17.4. The molecule has 1 aromatic heterocycles. The number of aromatic nitrogens is 2. The minimum atomic E-state index is -0.687. The van der Waals surface area contributed by atoms with Gasteiger partial charge in [-0.15, -0.1) is 0 Å². The molecule has 11 heavy (non-hydrogen) atoms. The number of nitrogens with zero attached hydrogens (tertiary/aromatic N) is 2. The van der Waals surface area contributed by atoms with Gasteiger partial charge in [-0.2, -0.15) is 4.39 Å². The van der Waals surface area contributed by atoms with Crippen LogP contribution in [0.1, 0.15) is 18.1 Å². The first kappa shape index (κ1) is 6.67. The Balaban J connectivity index is 2.18. The molecular weight excluding hydrogens is 147 g/mol. The van der Waals surface area contributed by atoms with Gasteiger partial charge < -0.3 is 4.74 Å². The van der Waals surface area contributed by atoms with Crippen molar-refractivity contribution in [2.24, 2.45) is 0 Å². The first-order valence-corrected chi connectivity index (χ1v) is 3.45. The summed E-state index contributed by atoms with van der Waals surface area (Å²) in [5.74, 6) is 0. The Labute approximate surface area is 63.2 Å². The van der Waals surface area contributed by atoms with E-state index < -0.39 is 6.08 Å². The van der Waals surface area contributed by atoms with E-state index in [9.17, 15) is 4.39 Å². The predicted molar refractivity (Wildman–Crippen MR) is 35.3 cm³/mol. The SMILES string of the molecule is Fc1ncc(C2CCO2)cn1. The zero-order chi connectivity index (χ0) is 7.68. The van der Waals surface area contributed by atoms with Crippen LogP contribution in [-0.4, -0.2) is 16.6 Å². The number of hydrogen-bond acceptors (Lipinski definition) is 3. The summed E-state index contributed by atoms with van der Waals surface area (Å²) in [6, 6.07) is 0. The highest BCUT2D eigenvalue weighted by atomic mass is 19.1. The van der Waals surface area contributed by atoms with Gasteiger partial charge in [-0.3, -0.25) is 0 Å². The van der Waals surface area contributed by atoms with Gasteiger partial charge in [-0.05, 0) is 0 Å². The van der Waals surface area contributed by atoms with Crippen LogP contribution >= 0.6 is 0 Å². The van der Waals surface area contributed by atoms with Crippen molar-refractivity contribution in [3.8, 4) is 0 Å². The third-order valence-corrected chi connectivity index (χ3v) is 1.71.